The van der Waals surface area contributed by atoms with E-state index in [9.17, 15) is 0 Å². The first-order valence-electron chi connectivity index (χ1n) is 12.9. The fraction of sp³-hybridized carbons (Fsp3) is 0.640. The topological polar surface area (TPSA) is 118 Å². The van der Waals surface area contributed by atoms with Crippen molar-refractivity contribution in [2.45, 2.75) is 51.4 Å². The molecule has 0 radical (unpaired) electrons. The lowest BCUT2D eigenvalue weighted by Crippen LogP contribution is -2.37. The molecule has 2 aliphatic rings. The Morgan fingerprint density at radius 1 is 0.824 bits per heavy atom. The van der Waals surface area contributed by atoms with Gasteiger partial charge in [0.1, 0.15) is 11.6 Å². The first-order chi connectivity index (χ1) is 16.8. The number of aliphatic imine (C=N–C) groups is 2. The number of benzene rings is 1. The van der Waals surface area contributed by atoms with Crippen LogP contribution in [0.5, 0.6) is 5.75 Å². The number of nitrogens with one attached hydrogen (secondary N) is 6. The molecule has 2 aliphatic heterocycles. The standard InChI is InChI=1S/C25H42N8O/c26-24(29-13-5-3-1-2-4-6-14-31-25-32-18-19-33-25)30-17-8-20-34-22-11-9-21(10-12-22)23-27-15-7-16-28-23/h9-12H,1-8,13-20H2,(H,27,28)(H3,26,29,30)(H2,31,32,33). The molecule has 188 valence electrons. The first kappa shape index (κ1) is 25.6. The van der Waals surface area contributed by atoms with Gasteiger partial charge in [0.25, 0.3) is 0 Å². The number of rotatable bonds is 15. The molecule has 1 aromatic rings. The molecule has 0 saturated carbocycles. The Kier molecular flexibility index (Phi) is 11.9. The molecule has 0 fully saturated rings. The summed E-state index contributed by atoms with van der Waals surface area (Å²) in [6.45, 7) is 6.93. The molecule has 3 rings (SSSR count). The molecule has 9 heteroatoms. The van der Waals surface area contributed by atoms with E-state index in [0.717, 1.165) is 88.2 Å². The van der Waals surface area contributed by atoms with Gasteiger partial charge in [0.2, 0.25) is 0 Å². The van der Waals surface area contributed by atoms with Crippen molar-refractivity contribution in [3.05, 3.63) is 29.8 Å². The quantitative estimate of drug-likeness (QED) is 0.133. The maximum atomic E-state index is 7.97. The van der Waals surface area contributed by atoms with E-state index in [1.807, 2.05) is 24.3 Å². The second kappa shape index (κ2) is 15.8. The van der Waals surface area contributed by atoms with Crippen LogP contribution in [0.4, 0.5) is 0 Å². The van der Waals surface area contributed by atoms with Crippen LogP contribution in [0.2, 0.25) is 0 Å². The number of hydrogen-bond acceptors (Lipinski definition) is 7. The average molecular weight is 471 g/mol. The van der Waals surface area contributed by atoms with E-state index >= 15 is 0 Å². The van der Waals surface area contributed by atoms with Crippen LogP contribution in [0.1, 0.15) is 56.9 Å². The lowest BCUT2D eigenvalue weighted by molar-refractivity contribution is 0.311. The van der Waals surface area contributed by atoms with Crippen LogP contribution in [0.25, 0.3) is 0 Å². The molecule has 6 N–H and O–H groups in total. The van der Waals surface area contributed by atoms with Gasteiger partial charge in [0.15, 0.2) is 11.9 Å². The van der Waals surface area contributed by atoms with Crippen molar-refractivity contribution in [2.75, 3.05) is 52.4 Å². The Morgan fingerprint density at radius 3 is 2.26 bits per heavy atom. The van der Waals surface area contributed by atoms with Gasteiger partial charge in [-0.2, -0.15) is 0 Å². The molecule has 34 heavy (non-hydrogen) atoms. The normalized spacial score (nSPS) is 14.9. The summed E-state index contributed by atoms with van der Waals surface area (Å²) in [6.07, 6.45) is 9.22. The smallest absolute Gasteiger partial charge is 0.191 e. The minimum atomic E-state index is 0.402. The molecule has 9 nitrogen and oxygen atoms in total. The summed E-state index contributed by atoms with van der Waals surface area (Å²) in [6, 6.07) is 8.08. The Labute approximate surface area is 204 Å². The van der Waals surface area contributed by atoms with Gasteiger partial charge in [-0.15, -0.1) is 0 Å². The third kappa shape index (κ3) is 10.3. The van der Waals surface area contributed by atoms with Crippen LogP contribution < -0.4 is 31.3 Å². The third-order valence-corrected chi connectivity index (χ3v) is 5.79. The zero-order valence-electron chi connectivity index (χ0n) is 20.4. The molecule has 2 heterocycles. The molecule has 0 atom stereocenters. The van der Waals surface area contributed by atoms with Crippen molar-refractivity contribution in [3.63, 3.8) is 0 Å². The van der Waals surface area contributed by atoms with Crippen LogP contribution in [0, 0.1) is 5.41 Å². The Balaban J connectivity index is 1.09. The highest BCUT2D eigenvalue weighted by molar-refractivity contribution is 5.99. The van der Waals surface area contributed by atoms with Gasteiger partial charge in [-0.05, 0) is 49.9 Å². The zero-order chi connectivity index (χ0) is 23.7. The SMILES string of the molecule is N=C(NCCCCCCCCNC1=NCCN1)NCCCOc1ccc(C2=NCCCN2)cc1. The van der Waals surface area contributed by atoms with Gasteiger partial charge < -0.3 is 31.3 Å². The average Bonchev–Trinajstić information content (AvgIpc) is 3.39. The summed E-state index contributed by atoms with van der Waals surface area (Å²) < 4.78 is 5.81. The van der Waals surface area contributed by atoms with E-state index in [-0.39, 0.29) is 0 Å². The van der Waals surface area contributed by atoms with Crippen LogP contribution in [-0.2, 0) is 0 Å². The third-order valence-electron chi connectivity index (χ3n) is 5.79. The second-order valence-corrected chi connectivity index (χ2v) is 8.67. The predicted molar refractivity (Wildman–Crippen MR) is 140 cm³/mol. The van der Waals surface area contributed by atoms with Crippen molar-refractivity contribution in [1.29, 1.82) is 5.41 Å². The number of amidine groups is 1. The summed E-state index contributed by atoms with van der Waals surface area (Å²) in [5, 5.41) is 24.1. The summed E-state index contributed by atoms with van der Waals surface area (Å²) in [4.78, 5) is 8.84. The van der Waals surface area contributed by atoms with E-state index in [0.29, 0.717) is 12.6 Å². The lowest BCUT2D eigenvalue weighted by Gasteiger charge is -2.15. The largest absolute Gasteiger partial charge is 0.494 e. The Bertz CT molecular complexity index is 778. The molecule has 0 spiro atoms. The summed E-state index contributed by atoms with van der Waals surface area (Å²) >= 11 is 0. The maximum Gasteiger partial charge on any atom is 0.191 e. The molecule has 0 aliphatic carbocycles. The van der Waals surface area contributed by atoms with Gasteiger partial charge in [-0.3, -0.25) is 15.4 Å². The van der Waals surface area contributed by atoms with E-state index in [2.05, 4.69) is 36.6 Å². The van der Waals surface area contributed by atoms with Crippen LogP contribution in [0.3, 0.4) is 0 Å². The van der Waals surface area contributed by atoms with Gasteiger partial charge in [-0.25, -0.2) is 0 Å². The number of ether oxygens (including phenoxy) is 1. The van der Waals surface area contributed by atoms with Crippen molar-refractivity contribution < 1.29 is 4.74 Å². The van der Waals surface area contributed by atoms with Gasteiger partial charge in [-0.1, -0.05) is 25.7 Å². The summed E-state index contributed by atoms with van der Waals surface area (Å²) in [5.41, 5.74) is 1.11. The predicted octanol–water partition coefficient (Wildman–Crippen LogP) is 2.20. The zero-order valence-corrected chi connectivity index (χ0v) is 20.4. The van der Waals surface area contributed by atoms with E-state index in [4.69, 9.17) is 10.1 Å². The van der Waals surface area contributed by atoms with E-state index in [1.54, 1.807) is 0 Å². The monoisotopic (exact) mass is 470 g/mol. The minimum absolute atomic E-state index is 0.402. The number of guanidine groups is 2. The van der Waals surface area contributed by atoms with Gasteiger partial charge >= 0.3 is 0 Å². The minimum Gasteiger partial charge on any atom is -0.494 e. The van der Waals surface area contributed by atoms with Crippen molar-refractivity contribution >= 4 is 17.8 Å². The van der Waals surface area contributed by atoms with Crippen LogP contribution in [0.15, 0.2) is 34.3 Å². The number of hydrogen-bond donors (Lipinski definition) is 6. The first-order valence-corrected chi connectivity index (χ1v) is 12.9. The number of unbranched alkanes of at least 4 members (excludes halogenated alkanes) is 5. The molecule has 0 amide bonds. The van der Waals surface area contributed by atoms with Crippen molar-refractivity contribution in [2.24, 2.45) is 9.98 Å². The molecular weight excluding hydrogens is 428 g/mol. The van der Waals surface area contributed by atoms with Crippen molar-refractivity contribution in [3.8, 4) is 5.75 Å². The molecule has 1 aromatic carbocycles. The molecular formula is C25H42N8O. The second-order valence-electron chi connectivity index (χ2n) is 8.67. The maximum absolute atomic E-state index is 7.97. The molecule has 0 bridgehead atoms. The van der Waals surface area contributed by atoms with E-state index in [1.165, 1.54) is 32.1 Å². The fourth-order valence-corrected chi connectivity index (χ4v) is 3.87. The molecule has 0 unspecified atom stereocenters. The summed E-state index contributed by atoms with van der Waals surface area (Å²) in [7, 11) is 0. The highest BCUT2D eigenvalue weighted by Gasteiger charge is 2.07. The van der Waals surface area contributed by atoms with Crippen molar-refractivity contribution in [1.82, 2.24) is 26.6 Å². The number of nitrogens with zero attached hydrogens (tertiary/aromatic N) is 2. The Morgan fingerprint density at radius 2 is 1.56 bits per heavy atom. The summed E-state index contributed by atoms with van der Waals surface area (Å²) in [5.74, 6) is 3.21. The molecule has 0 saturated heterocycles. The van der Waals surface area contributed by atoms with Crippen LogP contribution >= 0.6 is 0 Å². The van der Waals surface area contributed by atoms with Crippen LogP contribution in [-0.4, -0.2) is 70.2 Å². The highest BCUT2D eigenvalue weighted by atomic mass is 16.5. The van der Waals surface area contributed by atoms with Gasteiger partial charge in [0.05, 0.1) is 13.2 Å². The highest BCUT2D eigenvalue weighted by Crippen LogP contribution is 2.13. The lowest BCUT2D eigenvalue weighted by atomic mass is 10.1. The Hall–Kier alpha value is -2.97. The molecule has 0 aromatic heterocycles. The fourth-order valence-electron chi connectivity index (χ4n) is 3.87. The van der Waals surface area contributed by atoms with Gasteiger partial charge in [0, 0.05) is 44.8 Å². The van der Waals surface area contributed by atoms with E-state index < -0.39 is 0 Å².